The number of amides is 1. The molecule has 0 aliphatic carbocycles. The number of para-hydroxylation sites is 1. The van der Waals surface area contributed by atoms with Crippen LogP contribution in [0.3, 0.4) is 0 Å². The maximum absolute atomic E-state index is 12.3. The summed E-state index contributed by atoms with van der Waals surface area (Å²) in [6.07, 6.45) is 1.71. The number of carbonyl (C=O) groups excluding carboxylic acids is 1. The van der Waals surface area contributed by atoms with Crippen molar-refractivity contribution in [2.24, 2.45) is 5.92 Å². The zero-order valence-corrected chi connectivity index (χ0v) is 11.2. The van der Waals surface area contributed by atoms with E-state index >= 15 is 0 Å². The number of nitro benzene ring substituents is 1. The largest absolute Gasteiger partial charge is 0.338 e. The molecule has 0 N–H and O–H groups in total. The van der Waals surface area contributed by atoms with Gasteiger partial charge < -0.3 is 4.90 Å². The minimum atomic E-state index is -0.515. The lowest BCUT2D eigenvalue weighted by Crippen LogP contribution is -2.39. The predicted octanol–water partition coefficient (Wildman–Crippen LogP) is 2.69. The Morgan fingerprint density at radius 1 is 1.37 bits per heavy atom. The first-order valence-corrected chi connectivity index (χ1v) is 6.75. The predicted molar refractivity (Wildman–Crippen MR) is 72.4 cm³/mol. The van der Waals surface area contributed by atoms with E-state index in [1.165, 1.54) is 12.1 Å². The number of halogens is 1. The highest BCUT2D eigenvalue weighted by atomic mass is 35.5. The van der Waals surface area contributed by atoms with Crippen molar-refractivity contribution in [1.29, 1.82) is 0 Å². The topological polar surface area (TPSA) is 63.4 Å². The highest BCUT2D eigenvalue weighted by Gasteiger charge is 2.27. The van der Waals surface area contributed by atoms with Gasteiger partial charge in [-0.05, 0) is 24.8 Å². The molecule has 0 saturated carbocycles. The lowest BCUT2D eigenvalue weighted by atomic mass is 9.98. The van der Waals surface area contributed by atoms with Crippen LogP contribution in [-0.2, 0) is 0 Å². The van der Waals surface area contributed by atoms with E-state index in [1.807, 2.05) is 0 Å². The first-order valence-electron chi connectivity index (χ1n) is 6.22. The van der Waals surface area contributed by atoms with Crippen LogP contribution in [0.1, 0.15) is 23.2 Å². The second-order valence-electron chi connectivity index (χ2n) is 4.66. The number of carbonyl (C=O) groups is 1. The molecule has 1 aromatic carbocycles. The molecule has 0 spiro atoms. The summed E-state index contributed by atoms with van der Waals surface area (Å²) in [5.41, 5.74) is 0.0313. The molecule has 2 rings (SSSR count). The molecule has 1 heterocycles. The average molecular weight is 283 g/mol. The van der Waals surface area contributed by atoms with Crippen LogP contribution >= 0.6 is 11.6 Å². The molecule has 1 fully saturated rings. The fourth-order valence-corrected chi connectivity index (χ4v) is 2.58. The summed E-state index contributed by atoms with van der Waals surface area (Å²) in [6, 6.07) is 6.08. The number of hydrogen-bond acceptors (Lipinski definition) is 3. The molecule has 1 aliphatic rings. The molecular formula is C13H15ClN2O3. The van der Waals surface area contributed by atoms with Crippen LogP contribution in [0.15, 0.2) is 24.3 Å². The van der Waals surface area contributed by atoms with E-state index in [2.05, 4.69) is 0 Å². The van der Waals surface area contributed by atoms with E-state index in [0.29, 0.717) is 24.9 Å². The highest BCUT2D eigenvalue weighted by Crippen LogP contribution is 2.23. The number of nitro groups is 1. The minimum absolute atomic E-state index is 0.132. The van der Waals surface area contributed by atoms with Crippen molar-refractivity contribution in [3.63, 3.8) is 0 Å². The van der Waals surface area contributed by atoms with Gasteiger partial charge in [0.1, 0.15) is 5.56 Å². The standard InChI is InChI=1S/C13H15ClN2O3/c14-9-10-5-7-15(8-6-10)13(17)11-3-1-2-4-12(11)16(18)19/h1-4,10H,5-9H2. The molecule has 102 valence electrons. The molecule has 1 saturated heterocycles. The fourth-order valence-electron chi connectivity index (χ4n) is 2.27. The van der Waals surface area contributed by atoms with Crippen LogP contribution in [0.2, 0.25) is 0 Å². The van der Waals surface area contributed by atoms with Crippen LogP contribution < -0.4 is 0 Å². The molecule has 0 unspecified atom stereocenters. The molecule has 0 atom stereocenters. The number of alkyl halides is 1. The van der Waals surface area contributed by atoms with E-state index in [-0.39, 0.29) is 17.2 Å². The summed E-state index contributed by atoms with van der Waals surface area (Å²) in [7, 11) is 0. The quantitative estimate of drug-likeness (QED) is 0.486. The van der Waals surface area contributed by atoms with E-state index in [9.17, 15) is 14.9 Å². The summed E-state index contributed by atoms with van der Waals surface area (Å²) >= 11 is 5.80. The van der Waals surface area contributed by atoms with Crippen molar-refractivity contribution in [3.05, 3.63) is 39.9 Å². The Labute approximate surface area is 116 Å². The normalized spacial score (nSPS) is 16.4. The SMILES string of the molecule is O=C(c1ccccc1[N+](=O)[O-])N1CCC(CCl)CC1. The molecule has 1 aromatic rings. The van der Waals surface area contributed by atoms with Gasteiger partial charge in [0.15, 0.2) is 0 Å². The molecule has 5 nitrogen and oxygen atoms in total. The summed E-state index contributed by atoms with van der Waals surface area (Å²) in [5.74, 6) is 0.782. The zero-order valence-electron chi connectivity index (χ0n) is 10.4. The van der Waals surface area contributed by atoms with Crippen molar-refractivity contribution in [3.8, 4) is 0 Å². The Balaban J connectivity index is 2.15. The Morgan fingerprint density at radius 2 is 2.00 bits per heavy atom. The minimum Gasteiger partial charge on any atom is -0.338 e. The maximum atomic E-state index is 12.3. The van der Waals surface area contributed by atoms with Crippen LogP contribution in [-0.4, -0.2) is 34.7 Å². The van der Waals surface area contributed by atoms with E-state index in [4.69, 9.17) is 11.6 Å². The van der Waals surface area contributed by atoms with Crippen LogP contribution in [0.5, 0.6) is 0 Å². The first-order chi connectivity index (χ1) is 9.13. The Morgan fingerprint density at radius 3 is 2.58 bits per heavy atom. The van der Waals surface area contributed by atoms with Gasteiger partial charge in [-0.3, -0.25) is 14.9 Å². The van der Waals surface area contributed by atoms with Crippen molar-refractivity contribution in [2.75, 3.05) is 19.0 Å². The lowest BCUT2D eigenvalue weighted by molar-refractivity contribution is -0.385. The molecule has 0 radical (unpaired) electrons. The third-order valence-corrected chi connectivity index (χ3v) is 3.89. The van der Waals surface area contributed by atoms with Crippen LogP contribution in [0.25, 0.3) is 0 Å². The third kappa shape index (κ3) is 3.04. The summed E-state index contributed by atoms with van der Waals surface area (Å²) < 4.78 is 0. The van der Waals surface area contributed by atoms with Gasteiger partial charge in [0.05, 0.1) is 4.92 Å². The van der Waals surface area contributed by atoms with Gasteiger partial charge in [0, 0.05) is 25.0 Å². The Kier molecular flexibility index (Phi) is 4.37. The maximum Gasteiger partial charge on any atom is 0.282 e. The van der Waals surface area contributed by atoms with E-state index in [1.54, 1.807) is 17.0 Å². The molecule has 0 aromatic heterocycles. The van der Waals surface area contributed by atoms with Gasteiger partial charge >= 0.3 is 0 Å². The molecule has 6 heteroatoms. The van der Waals surface area contributed by atoms with Gasteiger partial charge in [-0.1, -0.05) is 12.1 Å². The summed E-state index contributed by atoms with van der Waals surface area (Å²) in [5, 5.41) is 10.9. The monoisotopic (exact) mass is 282 g/mol. The van der Waals surface area contributed by atoms with Gasteiger partial charge in [-0.25, -0.2) is 0 Å². The second-order valence-corrected chi connectivity index (χ2v) is 4.97. The zero-order chi connectivity index (χ0) is 13.8. The second kappa shape index (κ2) is 6.02. The van der Waals surface area contributed by atoms with Crippen LogP contribution in [0.4, 0.5) is 5.69 Å². The molecule has 19 heavy (non-hydrogen) atoms. The van der Waals surface area contributed by atoms with Crippen molar-refractivity contribution < 1.29 is 9.72 Å². The van der Waals surface area contributed by atoms with Crippen molar-refractivity contribution in [1.82, 2.24) is 4.90 Å². The van der Waals surface area contributed by atoms with Crippen LogP contribution in [0, 0.1) is 16.0 Å². The fraction of sp³-hybridized carbons (Fsp3) is 0.462. The van der Waals surface area contributed by atoms with Gasteiger partial charge in [0.2, 0.25) is 0 Å². The van der Waals surface area contributed by atoms with E-state index in [0.717, 1.165) is 12.8 Å². The highest BCUT2D eigenvalue weighted by molar-refractivity contribution is 6.18. The number of rotatable bonds is 3. The van der Waals surface area contributed by atoms with Crippen molar-refractivity contribution >= 4 is 23.2 Å². The number of benzene rings is 1. The molecule has 1 aliphatic heterocycles. The van der Waals surface area contributed by atoms with Gasteiger partial charge in [-0.15, -0.1) is 11.6 Å². The van der Waals surface area contributed by atoms with Gasteiger partial charge in [-0.2, -0.15) is 0 Å². The van der Waals surface area contributed by atoms with Gasteiger partial charge in [0.25, 0.3) is 11.6 Å². The number of hydrogen-bond donors (Lipinski definition) is 0. The average Bonchev–Trinajstić information content (AvgIpc) is 2.46. The lowest BCUT2D eigenvalue weighted by Gasteiger charge is -2.31. The third-order valence-electron chi connectivity index (χ3n) is 3.45. The van der Waals surface area contributed by atoms with E-state index < -0.39 is 4.92 Å². The molecule has 0 bridgehead atoms. The Hall–Kier alpha value is -1.62. The molecule has 1 amide bonds. The summed E-state index contributed by atoms with van der Waals surface area (Å²) in [6.45, 7) is 1.23. The number of likely N-dealkylation sites (tertiary alicyclic amines) is 1. The number of piperidine rings is 1. The molecular weight excluding hydrogens is 268 g/mol. The Bertz CT molecular complexity index is 485. The first kappa shape index (κ1) is 13.8. The summed E-state index contributed by atoms with van der Waals surface area (Å²) in [4.78, 5) is 24.4. The van der Waals surface area contributed by atoms with Crippen molar-refractivity contribution in [2.45, 2.75) is 12.8 Å². The smallest absolute Gasteiger partial charge is 0.282 e. The number of nitrogens with zero attached hydrogens (tertiary/aromatic N) is 2.